The molecule has 0 unspecified atom stereocenters. The van der Waals surface area contributed by atoms with Crippen molar-refractivity contribution in [1.29, 1.82) is 0 Å². The zero-order valence-electron chi connectivity index (χ0n) is 7.69. The molecule has 0 radical (unpaired) electrons. The van der Waals surface area contributed by atoms with E-state index in [2.05, 4.69) is 15.9 Å². The van der Waals surface area contributed by atoms with Gasteiger partial charge < -0.3 is 0 Å². The van der Waals surface area contributed by atoms with Crippen LogP contribution >= 0.6 is 15.9 Å². The Bertz CT molecular complexity index is 456. The van der Waals surface area contributed by atoms with Gasteiger partial charge in [-0.25, -0.2) is 0 Å². The van der Waals surface area contributed by atoms with E-state index in [1.165, 1.54) is 19.1 Å². The largest absolute Gasteiger partial charge is 0.298 e. The Labute approximate surface area is 93.4 Å². The van der Waals surface area contributed by atoms with Crippen LogP contribution in [0.3, 0.4) is 0 Å². The first kappa shape index (κ1) is 11.5. The topological polar surface area (TPSA) is 77.3 Å². The summed E-state index contributed by atoms with van der Waals surface area (Å²) in [5.74, 6) is -0.509. The van der Waals surface area contributed by atoms with Crippen molar-refractivity contribution in [3.05, 3.63) is 37.8 Å². The summed E-state index contributed by atoms with van der Waals surface area (Å²) < 4.78 is 0.184. The lowest BCUT2D eigenvalue weighted by molar-refractivity contribution is -0.385. The number of rotatable bonds is 3. The van der Waals surface area contributed by atoms with Gasteiger partial charge in [0.25, 0.3) is 5.69 Å². The van der Waals surface area contributed by atoms with Crippen molar-refractivity contribution in [2.45, 2.75) is 6.92 Å². The first-order valence-corrected chi connectivity index (χ1v) is 4.71. The van der Waals surface area contributed by atoms with Crippen LogP contribution < -0.4 is 0 Å². The summed E-state index contributed by atoms with van der Waals surface area (Å²) >= 11 is 2.97. The highest BCUT2D eigenvalue weighted by atomic mass is 79.9. The molecule has 0 aliphatic rings. The lowest BCUT2D eigenvalue weighted by Crippen LogP contribution is -2.05. The standard InChI is InChI=1S/C9H6BrNO4/c1-5(13)8-6(4-12)2-3-7(10)9(8)11(14)15/h2-4H,1H3. The van der Waals surface area contributed by atoms with Crippen molar-refractivity contribution >= 4 is 33.7 Å². The zero-order chi connectivity index (χ0) is 11.6. The Morgan fingerprint density at radius 2 is 2.13 bits per heavy atom. The summed E-state index contributed by atoms with van der Waals surface area (Å²) in [6.07, 6.45) is 0.427. The fourth-order valence-electron chi connectivity index (χ4n) is 1.23. The van der Waals surface area contributed by atoms with Crippen LogP contribution in [0.1, 0.15) is 27.6 Å². The number of Topliss-reactive ketones (excluding diaryl/α,β-unsaturated/α-hetero) is 1. The first-order valence-electron chi connectivity index (χ1n) is 3.92. The molecular weight excluding hydrogens is 266 g/mol. The highest BCUT2D eigenvalue weighted by Crippen LogP contribution is 2.31. The third kappa shape index (κ3) is 2.10. The molecule has 6 heteroatoms. The minimum absolute atomic E-state index is 0.0254. The van der Waals surface area contributed by atoms with Gasteiger partial charge in [0, 0.05) is 5.56 Å². The average Bonchev–Trinajstić information content (AvgIpc) is 2.16. The smallest absolute Gasteiger partial charge is 0.294 e. The van der Waals surface area contributed by atoms with Crippen LogP contribution in [-0.2, 0) is 0 Å². The van der Waals surface area contributed by atoms with Gasteiger partial charge >= 0.3 is 0 Å². The molecule has 0 spiro atoms. The van der Waals surface area contributed by atoms with Gasteiger partial charge in [-0.05, 0) is 35.0 Å². The number of nitro benzene ring substituents is 1. The van der Waals surface area contributed by atoms with Crippen molar-refractivity contribution in [2.24, 2.45) is 0 Å². The van der Waals surface area contributed by atoms with Crippen molar-refractivity contribution in [1.82, 2.24) is 0 Å². The Kier molecular flexibility index (Phi) is 3.31. The van der Waals surface area contributed by atoms with E-state index in [0.717, 1.165) is 0 Å². The molecule has 0 amide bonds. The number of carbonyl (C=O) groups is 2. The molecule has 0 bridgehead atoms. The average molecular weight is 272 g/mol. The van der Waals surface area contributed by atoms with Crippen LogP contribution in [0, 0.1) is 10.1 Å². The number of benzene rings is 1. The van der Waals surface area contributed by atoms with Gasteiger partial charge in [0.05, 0.1) is 9.40 Å². The molecule has 0 aromatic heterocycles. The molecule has 0 aliphatic carbocycles. The summed E-state index contributed by atoms with van der Waals surface area (Å²) in [5, 5.41) is 10.7. The van der Waals surface area contributed by atoms with Crippen LogP contribution in [0.5, 0.6) is 0 Å². The molecule has 0 saturated carbocycles. The number of nitrogens with zero attached hydrogens (tertiary/aromatic N) is 1. The van der Waals surface area contributed by atoms with Crippen LogP contribution in [0.15, 0.2) is 16.6 Å². The molecule has 15 heavy (non-hydrogen) atoms. The zero-order valence-corrected chi connectivity index (χ0v) is 9.28. The fourth-order valence-corrected chi connectivity index (χ4v) is 1.70. The third-order valence-corrected chi connectivity index (χ3v) is 2.46. The summed E-state index contributed by atoms with van der Waals surface area (Å²) in [4.78, 5) is 31.9. The Morgan fingerprint density at radius 1 is 1.53 bits per heavy atom. The lowest BCUT2D eigenvalue weighted by Gasteiger charge is -2.03. The molecule has 0 fully saturated rings. The van der Waals surface area contributed by atoms with Gasteiger partial charge in [-0.3, -0.25) is 19.7 Å². The Balaban J connectivity index is 3.65. The number of halogens is 1. The van der Waals surface area contributed by atoms with Crippen molar-refractivity contribution in [2.75, 3.05) is 0 Å². The van der Waals surface area contributed by atoms with E-state index >= 15 is 0 Å². The molecule has 5 nitrogen and oxygen atoms in total. The maximum absolute atomic E-state index is 11.2. The highest BCUT2D eigenvalue weighted by Gasteiger charge is 2.24. The number of nitro groups is 1. The second kappa shape index (κ2) is 4.31. The van der Waals surface area contributed by atoms with Gasteiger partial charge in [-0.1, -0.05) is 0 Å². The molecular formula is C9H6BrNO4. The lowest BCUT2D eigenvalue weighted by atomic mass is 10.0. The van der Waals surface area contributed by atoms with E-state index in [4.69, 9.17) is 0 Å². The van der Waals surface area contributed by atoms with Crippen molar-refractivity contribution in [3.8, 4) is 0 Å². The molecule has 0 heterocycles. The Hall–Kier alpha value is -1.56. The van der Waals surface area contributed by atoms with Crippen LogP contribution in [0.25, 0.3) is 0 Å². The SMILES string of the molecule is CC(=O)c1c(C=O)ccc(Br)c1[N+](=O)[O-]. The number of hydrogen-bond donors (Lipinski definition) is 0. The number of aldehydes is 1. The fraction of sp³-hybridized carbons (Fsp3) is 0.111. The molecule has 0 aliphatic heterocycles. The number of carbonyl (C=O) groups excluding carboxylic acids is 2. The first-order chi connectivity index (χ1) is 6.99. The molecule has 0 saturated heterocycles. The maximum Gasteiger partial charge on any atom is 0.294 e. The molecule has 78 valence electrons. The maximum atomic E-state index is 11.2. The van der Waals surface area contributed by atoms with Gasteiger partial charge in [0.15, 0.2) is 12.1 Å². The third-order valence-electron chi connectivity index (χ3n) is 1.82. The predicted molar refractivity (Wildman–Crippen MR) is 56.2 cm³/mol. The minimum atomic E-state index is -0.687. The van der Waals surface area contributed by atoms with Crippen LogP contribution in [0.4, 0.5) is 5.69 Å². The molecule has 1 aromatic carbocycles. The van der Waals surface area contributed by atoms with E-state index < -0.39 is 10.7 Å². The van der Waals surface area contributed by atoms with Crippen LogP contribution in [-0.4, -0.2) is 17.0 Å². The minimum Gasteiger partial charge on any atom is -0.298 e. The highest BCUT2D eigenvalue weighted by molar-refractivity contribution is 9.10. The van der Waals surface area contributed by atoms with Gasteiger partial charge in [0.1, 0.15) is 5.56 Å². The van der Waals surface area contributed by atoms with Crippen molar-refractivity contribution < 1.29 is 14.5 Å². The normalized spacial score (nSPS) is 9.73. The van der Waals surface area contributed by atoms with Crippen molar-refractivity contribution in [3.63, 3.8) is 0 Å². The molecule has 1 aromatic rings. The second-order valence-corrected chi connectivity index (χ2v) is 3.65. The van der Waals surface area contributed by atoms with Crippen LogP contribution in [0.2, 0.25) is 0 Å². The van der Waals surface area contributed by atoms with E-state index in [9.17, 15) is 19.7 Å². The summed E-state index contributed by atoms with van der Waals surface area (Å²) in [6, 6.07) is 2.73. The second-order valence-electron chi connectivity index (χ2n) is 2.79. The Morgan fingerprint density at radius 3 is 2.53 bits per heavy atom. The quantitative estimate of drug-likeness (QED) is 0.366. The predicted octanol–water partition coefficient (Wildman–Crippen LogP) is 2.37. The molecule has 0 atom stereocenters. The summed E-state index contributed by atoms with van der Waals surface area (Å²) in [5.41, 5.74) is -0.506. The van der Waals surface area contributed by atoms with E-state index in [1.807, 2.05) is 0 Å². The van der Waals surface area contributed by atoms with E-state index in [0.29, 0.717) is 6.29 Å². The summed E-state index contributed by atoms with van der Waals surface area (Å²) in [7, 11) is 0. The number of hydrogen-bond acceptors (Lipinski definition) is 4. The van der Waals surface area contributed by atoms with E-state index in [-0.39, 0.29) is 21.3 Å². The molecule has 0 N–H and O–H groups in total. The number of ketones is 1. The van der Waals surface area contributed by atoms with Gasteiger partial charge in [-0.15, -0.1) is 0 Å². The van der Waals surface area contributed by atoms with Gasteiger partial charge in [-0.2, -0.15) is 0 Å². The summed E-state index contributed by atoms with van der Waals surface area (Å²) in [6.45, 7) is 1.18. The molecule has 1 rings (SSSR count). The van der Waals surface area contributed by atoms with Gasteiger partial charge in [0.2, 0.25) is 0 Å². The van der Waals surface area contributed by atoms with E-state index in [1.54, 1.807) is 0 Å². The monoisotopic (exact) mass is 271 g/mol.